The zero-order valence-electron chi connectivity index (χ0n) is 14.2. The summed E-state index contributed by atoms with van der Waals surface area (Å²) in [6.07, 6.45) is 5.28. The molecule has 0 saturated heterocycles. The van der Waals surface area contributed by atoms with Crippen LogP contribution in [0.1, 0.15) is 22.5 Å². The zero-order chi connectivity index (χ0) is 19.2. The van der Waals surface area contributed by atoms with Gasteiger partial charge in [0.1, 0.15) is 0 Å². The highest BCUT2D eigenvalue weighted by Crippen LogP contribution is 2.24. The topological polar surface area (TPSA) is 74.8 Å². The average molecular weight is 400 g/mol. The van der Waals surface area contributed by atoms with Gasteiger partial charge in [0.2, 0.25) is 0 Å². The number of carbonyl (C=O) groups is 1. The molecule has 0 aliphatic rings. The minimum Gasteiger partial charge on any atom is -0.332 e. The highest BCUT2D eigenvalue weighted by Gasteiger charge is 2.19. The molecule has 8 heteroatoms. The summed E-state index contributed by atoms with van der Waals surface area (Å²) in [5.74, 6) is -0.257. The number of benzene rings is 1. The molecule has 0 spiro atoms. The molecule has 0 aliphatic heterocycles. The third-order valence-corrected chi connectivity index (χ3v) is 4.59. The Morgan fingerprint density at radius 3 is 2.78 bits per heavy atom. The number of hydrogen-bond acceptors (Lipinski definition) is 4. The quantitative estimate of drug-likeness (QED) is 0.624. The van der Waals surface area contributed by atoms with Gasteiger partial charge in [-0.05, 0) is 35.9 Å². The lowest BCUT2D eigenvalue weighted by Crippen LogP contribution is -2.31. The van der Waals surface area contributed by atoms with Crippen molar-refractivity contribution < 1.29 is 4.79 Å². The van der Waals surface area contributed by atoms with E-state index < -0.39 is 0 Å². The van der Waals surface area contributed by atoms with E-state index >= 15 is 0 Å². The predicted molar refractivity (Wildman–Crippen MR) is 103 cm³/mol. The van der Waals surface area contributed by atoms with Crippen LogP contribution in [0.4, 0.5) is 0 Å². The van der Waals surface area contributed by atoms with Crippen molar-refractivity contribution in [3.63, 3.8) is 0 Å². The molecule has 1 amide bonds. The van der Waals surface area contributed by atoms with Gasteiger partial charge in [0.25, 0.3) is 5.91 Å². The van der Waals surface area contributed by atoms with Gasteiger partial charge in [-0.2, -0.15) is 10.4 Å². The second-order valence-electron chi connectivity index (χ2n) is 5.74. The van der Waals surface area contributed by atoms with Gasteiger partial charge in [0, 0.05) is 31.7 Å². The maximum Gasteiger partial charge on any atom is 0.274 e. The van der Waals surface area contributed by atoms with Crippen LogP contribution in [0.3, 0.4) is 0 Å². The number of aromatic nitrogens is 3. The molecule has 3 rings (SSSR count). The van der Waals surface area contributed by atoms with Crippen molar-refractivity contribution >= 4 is 29.1 Å². The maximum atomic E-state index is 12.9. The van der Waals surface area contributed by atoms with E-state index in [0.717, 1.165) is 5.56 Å². The number of halogens is 2. The summed E-state index contributed by atoms with van der Waals surface area (Å²) in [5.41, 5.74) is 1.86. The minimum absolute atomic E-state index is 0.236. The second kappa shape index (κ2) is 8.67. The lowest BCUT2D eigenvalue weighted by molar-refractivity contribution is 0.0740. The third kappa shape index (κ3) is 4.64. The van der Waals surface area contributed by atoms with E-state index in [9.17, 15) is 4.79 Å². The summed E-state index contributed by atoms with van der Waals surface area (Å²) < 4.78 is 1.56. The van der Waals surface area contributed by atoms with Crippen molar-refractivity contribution in [2.24, 2.45) is 0 Å². The molecule has 6 nitrogen and oxygen atoms in total. The highest BCUT2D eigenvalue weighted by molar-refractivity contribution is 6.42. The van der Waals surface area contributed by atoms with Crippen LogP contribution >= 0.6 is 23.2 Å². The minimum atomic E-state index is -0.257. The van der Waals surface area contributed by atoms with Gasteiger partial charge < -0.3 is 4.90 Å². The van der Waals surface area contributed by atoms with Crippen molar-refractivity contribution in [2.75, 3.05) is 6.54 Å². The van der Waals surface area contributed by atoms with Crippen LogP contribution < -0.4 is 0 Å². The number of carbonyl (C=O) groups excluding carboxylic acids is 1. The van der Waals surface area contributed by atoms with E-state index in [1.54, 1.807) is 58.5 Å². The van der Waals surface area contributed by atoms with Crippen molar-refractivity contribution in [3.05, 3.63) is 76.3 Å². The molecule has 0 saturated carbocycles. The summed E-state index contributed by atoms with van der Waals surface area (Å²) >= 11 is 12.0. The van der Waals surface area contributed by atoms with E-state index in [1.165, 1.54) is 0 Å². The molecular weight excluding hydrogens is 385 g/mol. The number of rotatable bonds is 6. The van der Waals surface area contributed by atoms with E-state index in [-0.39, 0.29) is 18.0 Å². The Bertz CT molecular complexity index is 981. The normalized spacial score (nSPS) is 10.4. The molecular formula is C19H15Cl2N5O. The standard InChI is InChI=1S/C19H15Cl2N5O/c20-16-5-4-15(11-17(16)21)26-10-6-18(24-26)19(27)25(9-2-7-22)13-14-3-1-8-23-12-14/h1,3-6,8,10-12H,2,9,13H2. The van der Waals surface area contributed by atoms with Gasteiger partial charge in [0.05, 0.1) is 28.2 Å². The van der Waals surface area contributed by atoms with Crippen molar-refractivity contribution in [1.82, 2.24) is 19.7 Å². The van der Waals surface area contributed by atoms with Crippen LogP contribution in [0, 0.1) is 11.3 Å². The van der Waals surface area contributed by atoms with E-state index in [0.29, 0.717) is 28.8 Å². The molecule has 1 aromatic carbocycles. The highest BCUT2D eigenvalue weighted by atomic mass is 35.5. The SMILES string of the molecule is N#CCCN(Cc1cccnc1)C(=O)c1ccn(-c2ccc(Cl)c(Cl)c2)n1. The summed E-state index contributed by atoms with van der Waals surface area (Å²) in [4.78, 5) is 18.5. The Balaban J connectivity index is 1.82. The first-order valence-corrected chi connectivity index (χ1v) is 8.90. The maximum absolute atomic E-state index is 12.9. The Morgan fingerprint density at radius 1 is 1.22 bits per heavy atom. The van der Waals surface area contributed by atoms with Crippen LogP contribution in [0.5, 0.6) is 0 Å². The van der Waals surface area contributed by atoms with Gasteiger partial charge in [0.15, 0.2) is 5.69 Å². The fourth-order valence-corrected chi connectivity index (χ4v) is 2.81. The van der Waals surface area contributed by atoms with Crippen LogP contribution in [0.15, 0.2) is 55.0 Å². The molecule has 0 unspecified atom stereocenters. The number of nitriles is 1. The molecule has 2 aromatic heterocycles. The Kier molecular flexibility index (Phi) is 6.07. The fourth-order valence-electron chi connectivity index (χ4n) is 2.52. The number of amides is 1. The van der Waals surface area contributed by atoms with Crippen molar-refractivity contribution in [3.8, 4) is 11.8 Å². The van der Waals surface area contributed by atoms with Gasteiger partial charge in [-0.3, -0.25) is 9.78 Å². The fraction of sp³-hybridized carbons (Fsp3) is 0.158. The first kappa shape index (κ1) is 18.9. The van der Waals surface area contributed by atoms with Gasteiger partial charge in [-0.25, -0.2) is 4.68 Å². The molecule has 136 valence electrons. The lowest BCUT2D eigenvalue weighted by atomic mass is 10.2. The van der Waals surface area contributed by atoms with Crippen molar-refractivity contribution in [1.29, 1.82) is 5.26 Å². The predicted octanol–water partition coefficient (Wildman–Crippen LogP) is 4.13. The Morgan fingerprint density at radius 2 is 2.07 bits per heavy atom. The van der Waals surface area contributed by atoms with Crippen LogP contribution in [0.25, 0.3) is 5.69 Å². The molecule has 3 aromatic rings. The monoisotopic (exact) mass is 399 g/mol. The van der Waals surface area contributed by atoms with Crippen LogP contribution in [-0.2, 0) is 6.54 Å². The number of hydrogen-bond donors (Lipinski definition) is 0. The molecule has 0 aliphatic carbocycles. The van der Waals surface area contributed by atoms with E-state index in [2.05, 4.69) is 16.2 Å². The van der Waals surface area contributed by atoms with E-state index in [4.69, 9.17) is 28.5 Å². The molecule has 0 bridgehead atoms. The summed E-state index contributed by atoms with van der Waals surface area (Å²) in [6.45, 7) is 0.665. The number of nitrogens with zero attached hydrogens (tertiary/aromatic N) is 5. The second-order valence-corrected chi connectivity index (χ2v) is 6.55. The first-order valence-electron chi connectivity index (χ1n) is 8.14. The van der Waals surface area contributed by atoms with Gasteiger partial charge >= 0.3 is 0 Å². The molecule has 0 fully saturated rings. The largest absolute Gasteiger partial charge is 0.332 e. The summed E-state index contributed by atoms with van der Waals surface area (Å²) in [7, 11) is 0. The Labute approximate surface area is 166 Å². The molecule has 0 atom stereocenters. The van der Waals surface area contributed by atoms with E-state index in [1.807, 2.05) is 6.07 Å². The molecule has 27 heavy (non-hydrogen) atoms. The first-order chi connectivity index (χ1) is 13.1. The van der Waals surface area contributed by atoms with Crippen molar-refractivity contribution in [2.45, 2.75) is 13.0 Å². The molecule has 0 N–H and O–H groups in total. The zero-order valence-corrected chi connectivity index (χ0v) is 15.7. The lowest BCUT2D eigenvalue weighted by Gasteiger charge is -2.20. The third-order valence-electron chi connectivity index (χ3n) is 3.85. The smallest absolute Gasteiger partial charge is 0.274 e. The summed E-state index contributed by atoms with van der Waals surface area (Å²) in [5, 5.41) is 14.1. The Hall–Kier alpha value is -2.88. The number of pyridine rings is 1. The van der Waals surface area contributed by atoms with Gasteiger partial charge in [-0.15, -0.1) is 0 Å². The van der Waals surface area contributed by atoms with Crippen LogP contribution in [0.2, 0.25) is 10.0 Å². The van der Waals surface area contributed by atoms with Gasteiger partial charge in [-0.1, -0.05) is 29.3 Å². The molecule has 0 radical (unpaired) electrons. The summed E-state index contributed by atoms with van der Waals surface area (Å²) in [6, 6.07) is 12.5. The van der Waals surface area contributed by atoms with Crippen LogP contribution in [-0.4, -0.2) is 32.1 Å². The molecule has 2 heterocycles. The average Bonchev–Trinajstić information content (AvgIpc) is 3.17.